The average Bonchev–Trinajstić information content (AvgIpc) is 2.87. The van der Waals surface area contributed by atoms with E-state index in [1.54, 1.807) is 0 Å². The summed E-state index contributed by atoms with van der Waals surface area (Å²) in [6.07, 6.45) is -9.00. The summed E-state index contributed by atoms with van der Waals surface area (Å²) in [7, 11) is 0. The molecule has 0 radical (unpaired) electrons. The highest BCUT2D eigenvalue weighted by molar-refractivity contribution is 5.72. The van der Waals surface area contributed by atoms with Crippen molar-refractivity contribution in [3.63, 3.8) is 0 Å². The fourth-order valence-corrected chi connectivity index (χ4v) is 3.18. The van der Waals surface area contributed by atoms with E-state index in [1.165, 1.54) is 36.1 Å². The minimum atomic E-state index is -9.01. The maximum atomic E-state index is 13.9. The SMILES string of the molecule is CCN(CCC(=O)OCC(F)(F)C(F)(F)C(F)(F)C(F)(F)C(F)(F)C(F)(F)C(F)(F)C(F)(F)C(F)(F)F)c1ccccc1N. The van der Waals surface area contributed by atoms with Gasteiger partial charge in [0.2, 0.25) is 0 Å². The number of nitrogen functional groups attached to an aromatic ring is 1. The standard InChI is InChI=1S/C21H17F19N2O2/c1-2-42(11-6-4-3-5-10(11)41)8-7-12(43)44-9-13(22,23)14(24,25)15(26,27)16(28,29)17(30,31)18(32,33)19(34,35)20(36,37)21(38,39)40/h3-6H,2,7-9,41H2,1H3. The van der Waals surface area contributed by atoms with Gasteiger partial charge in [0.05, 0.1) is 17.8 Å². The number of esters is 1. The molecule has 0 saturated heterocycles. The van der Waals surface area contributed by atoms with E-state index in [9.17, 15) is 88.2 Å². The third kappa shape index (κ3) is 5.97. The van der Waals surface area contributed by atoms with Crippen LogP contribution in [0.5, 0.6) is 0 Å². The van der Waals surface area contributed by atoms with Crippen LogP contribution in [0.3, 0.4) is 0 Å². The summed E-state index contributed by atoms with van der Waals surface area (Å²) in [5.41, 5.74) is 5.98. The Morgan fingerprint density at radius 1 is 0.659 bits per heavy atom. The smallest absolute Gasteiger partial charge is 0.459 e. The molecule has 0 aromatic heterocycles. The lowest BCUT2D eigenvalue weighted by molar-refractivity contribution is -0.469. The van der Waals surface area contributed by atoms with Gasteiger partial charge in [0.25, 0.3) is 0 Å². The molecule has 0 heterocycles. The predicted molar refractivity (Wildman–Crippen MR) is 110 cm³/mol. The second kappa shape index (κ2) is 11.7. The Labute approximate surface area is 232 Å². The number of alkyl halides is 19. The molecule has 4 nitrogen and oxygen atoms in total. The lowest BCUT2D eigenvalue weighted by Crippen LogP contribution is -2.76. The number of ether oxygens (including phenoxy) is 1. The van der Waals surface area contributed by atoms with Crippen molar-refractivity contribution in [2.75, 3.05) is 30.3 Å². The largest absolute Gasteiger partial charge is 0.460 e. The summed E-state index contributed by atoms with van der Waals surface area (Å²) in [5, 5.41) is 0. The fraction of sp³-hybridized carbons (Fsp3) is 0.667. The number of nitrogens with two attached hydrogens (primary N) is 1. The number of rotatable bonds is 14. The van der Waals surface area contributed by atoms with Crippen LogP contribution in [-0.2, 0) is 9.53 Å². The highest BCUT2D eigenvalue weighted by Crippen LogP contribution is 2.65. The zero-order valence-electron chi connectivity index (χ0n) is 21.2. The molecule has 1 aromatic rings. The third-order valence-corrected chi connectivity index (χ3v) is 5.84. The fourth-order valence-electron chi connectivity index (χ4n) is 3.18. The van der Waals surface area contributed by atoms with E-state index in [4.69, 9.17) is 5.73 Å². The lowest BCUT2D eigenvalue weighted by atomic mass is 9.87. The van der Waals surface area contributed by atoms with Crippen molar-refractivity contribution in [3.05, 3.63) is 24.3 Å². The molecule has 0 spiro atoms. The van der Waals surface area contributed by atoms with E-state index in [2.05, 4.69) is 4.74 Å². The van der Waals surface area contributed by atoms with E-state index < -0.39 is 79.1 Å². The van der Waals surface area contributed by atoms with Gasteiger partial charge in [-0.1, -0.05) is 12.1 Å². The highest BCUT2D eigenvalue weighted by atomic mass is 19.4. The molecule has 0 saturated carbocycles. The number of anilines is 2. The first-order valence-electron chi connectivity index (χ1n) is 11.2. The van der Waals surface area contributed by atoms with Crippen molar-refractivity contribution in [3.8, 4) is 0 Å². The number of halogens is 19. The molecule has 1 rings (SSSR count). The van der Waals surface area contributed by atoms with Crippen LogP contribution in [0.2, 0.25) is 0 Å². The molecule has 0 amide bonds. The van der Waals surface area contributed by atoms with Crippen molar-refractivity contribution >= 4 is 17.3 Å². The number of nitrogens with zero attached hydrogens (tertiary/aromatic N) is 1. The van der Waals surface area contributed by atoms with E-state index in [-0.39, 0.29) is 17.9 Å². The highest BCUT2D eigenvalue weighted by Gasteiger charge is 2.96. The monoisotopic (exact) mass is 690 g/mol. The van der Waals surface area contributed by atoms with Crippen LogP contribution in [0.4, 0.5) is 94.8 Å². The zero-order chi connectivity index (χ0) is 35.2. The van der Waals surface area contributed by atoms with Gasteiger partial charge < -0.3 is 15.4 Å². The molecule has 256 valence electrons. The van der Waals surface area contributed by atoms with Crippen LogP contribution in [-0.4, -0.2) is 79.2 Å². The van der Waals surface area contributed by atoms with E-state index in [0.29, 0.717) is 0 Å². The molecule has 1 aromatic carbocycles. The van der Waals surface area contributed by atoms with Crippen molar-refractivity contribution < 1.29 is 92.9 Å². The molecular formula is C21H17F19N2O2. The van der Waals surface area contributed by atoms with E-state index in [1.807, 2.05) is 0 Å². The predicted octanol–water partition coefficient (Wildman–Crippen LogP) is 7.67. The lowest BCUT2D eigenvalue weighted by Gasteiger charge is -2.43. The second-order valence-electron chi connectivity index (χ2n) is 8.77. The number of hydrogen-bond acceptors (Lipinski definition) is 4. The van der Waals surface area contributed by atoms with Gasteiger partial charge in [-0.2, -0.15) is 83.4 Å². The van der Waals surface area contributed by atoms with Crippen LogP contribution >= 0.6 is 0 Å². The van der Waals surface area contributed by atoms with Crippen LogP contribution in [0.25, 0.3) is 0 Å². The number of benzene rings is 1. The van der Waals surface area contributed by atoms with Gasteiger partial charge in [-0.15, -0.1) is 0 Å². The molecule has 0 atom stereocenters. The van der Waals surface area contributed by atoms with Crippen molar-refractivity contribution in [1.82, 2.24) is 0 Å². The summed E-state index contributed by atoms with van der Waals surface area (Å²) in [6, 6.07) is 5.63. The number of para-hydroxylation sites is 2. The zero-order valence-corrected chi connectivity index (χ0v) is 21.2. The summed E-state index contributed by atoms with van der Waals surface area (Å²) in [5.74, 6) is -69.6. The number of hydrogen-bond donors (Lipinski definition) is 1. The molecule has 0 unspecified atom stereocenters. The van der Waals surface area contributed by atoms with Gasteiger partial charge in [0.15, 0.2) is 6.61 Å². The van der Waals surface area contributed by atoms with Crippen LogP contribution in [0.1, 0.15) is 13.3 Å². The van der Waals surface area contributed by atoms with Gasteiger partial charge >= 0.3 is 59.5 Å². The molecule has 0 fully saturated rings. The Hall–Kier alpha value is -3.04. The normalized spacial score (nSPS) is 14.9. The number of carbonyl (C=O) groups excluding carboxylic acids is 1. The molecule has 2 N–H and O–H groups in total. The molecule has 0 aliphatic heterocycles. The summed E-state index contributed by atoms with van der Waals surface area (Å²) < 4.78 is 257. The molecule has 0 aliphatic rings. The number of carbonyl (C=O) groups is 1. The Balaban J connectivity index is 3.29. The van der Waals surface area contributed by atoms with Crippen molar-refractivity contribution in [2.24, 2.45) is 0 Å². The molecule has 44 heavy (non-hydrogen) atoms. The molecular weight excluding hydrogens is 673 g/mol. The average molecular weight is 690 g/mol. The maximum absolute atomic E-state index is 13.9. The first-order valence-corrected chi connectivity index (χ1v) is 11.2. The summed E-state index contributed by atoms with van der Waals surface area (Å²) in [6.45, 7) is -2.40. The molecule has 0 bridgehead atoms. The molecule has 0 aliphatic carbocycles. The second-order valence-corrected chi connectivity index (χ2v) is 8.77. The van der Waals surface area contributed by atoms with Crippen molar-refractivity contribution in [1.29, 1.82) is 0 Å². The Morgan fingerprint density at radius 2 is 1.05 bits per heavy atom. The summed E-state index contributed by atoms with van der Waals surface area (Å²) >= 11 is 0. The topological polar surface area (TPSA) is 55.6 Å². The first-order chi connectivity index (χ1) is 19.3. The van der Waals surface area contributed by atoms with Crippen molar-refractivity contribution in [2.45, 2.75) is 66.9 Å². The van der Waals surface area contributed by atoms with Gasteiger partial charge in [-0.25, -0.2) is 0 Å². The minimum Gasteiger partial charge on any atom is -0.459 e. The Morgan fingerprint density at radius 3 is 1.43 bits per heavy atom. The van der Waals surface area contributed by atoms with Gasteiger partial charge in [0.1, 0.15) is 0 Å². The van der Waals surface area contributed by atoms with Gasteiger partial charge in [-0.3, -0.25) is 4.79 Å². The van der Waals surface area contributed by atoms with Gasteiger partial charge in [0, 0.05) is 13.1 Å². The van der Waals surface area contributed by atoms with E-state index in [0.717, 1.165) is 0 Å². The van der Waals surface area contributed by atoms with Crippen LogP contribution in [0.15, 0.2) is 24.3 Å². The first kappa shape index (κ1) is 39.0. The Bertz CT molecular complexity index is 1170. The maximum Gasteiger partial charge on any atom is 0.460 e. The quantitative estimate of drug-likeness (QED) is 0.124. The van der Waals surface area contributed by atoms with Gasteiger partial charge in [-0.05, 0) is 19.1 Å². The van der Waals surface area contributed by atoms with Crippen LogP contribution in [0, 0.1) is 0 Å². The molecule has 23 heteroatoms. The van der Waals surface area contributed by atoms with Crippen LogP contribution < -0.4 is 10.6 Å². The third-order valence-electron chi connectivity index (χ3n) is 5.84. The minimum absolute atomic E-state index is 0.0316. The Kier molecular flexibility index (Phi) is 10.4. The van der Waals surface area contributed by atoms with E-state index >= 15 is 0 Å². The summed E-state index contributed by atoms with van der Waals surface area (Å²) in [4.78, 5) is 13.0.